The van der Waals surface area contributed by atoms with Crippen molar-refractivity contribution in [2.75, 3.05) is 0 Å². The first-order valence-corrected chi connectivity index (χ1v) is 9.88. The molecule has 0 radical (unpaired) electrons. The van der Waals surface area contributed by atoms with Crippen LogP contribution in [0.1, 0.15) is 75.8 Å². The van der Waals surface area contributed by atoms with Gasteiger partial charge in [-0.05, 0) is 69.8 Å². The average Bonchev–Trinajstić information content (AvgIpc) is 2.67. The Hall–Kier alpha value is -1.96. The zero-order valence-corrected chi connectivity index (χ0v) is 15.8. The van der Waals surface area contributed by atoms with Gasteiger partial charge in [0.15, 0.2) is 0 Å². The molecule has 0 N–H and O–H groups in total. The van der Waals surface area contributed by atoms with Crippen LogP contribution in [0.2, 0.25) is 0 Å². The predicted molar refractivity (Wildman–Crippen MR) is 108 cm³/mol. The number of benzene rings is 3. The van der Waals surface area contributed by atoms with E-state index in [4.69, 9.17) is 0 Å². The van der Waals surface area contributed by atoms with Crippen molar-refractivity contribution in [2.24, 2.45) is 0 Å². The van der Waals surface area contributed by atoms with Gasteiger partial charge in [-0.1, -0.05) is 63.8 Å². The fourth-order valence-corrected chi connectivity index (χ4v) is 3.52. The summed E-state index contributed by atoms with van der Waals surface area (Å²) in [6, 6.07) is 15.8. The summed E-state index contributed by atoms with van der Waals surface area (Å²) in [6.07, 6.45) is 3.18. The summed E-state index contributed by atoms with van der Waals surface area (Å²) >= 11 is 0. The summed E-state index contributed by atoms with van der Waals surface area (Å²) in [5.41, 5.74) is 1.51. The fourth-order valence-electron chi connectivity index (χ4n) is 3.52. The van der Waals surface area contributed by atoms with Crippen molar-refractivity contribution >= 4 is 21.5 Å². The quantitative estimate of drug-likeness (QED) is 0.356. The van der Waals surface area contributed by atoms with Crippen LogP contribution in [-0.4, -0.2) is 0 Å². The number of alkyl halides is 2. The highest BCUT2D eigenvalue weighted by Gasteiger charge is 2.12. The van der Waals surface area contributed by atoms with E-state index in [0.717, 1.165) is 58.4 Å². The standard InChI is InChI=1S/C24H28F2/c1-3-5-7-23(25)19-11-9-17-14-22-16-20(24(26)8-6-4-2)12-10-18(22)13-21(17)15-19/h9-16,23-24H,3-8H2,1-2H3. The average molecular weight is 354 g/mol. The van der Waals surface area contributed by atoms with E-state index >= 15 is 0 Å². The van der Waals surface area contributed by atoms with Crippen LogP contribution in [0.5, 0.6) is 0 Å². The number of hydrogen-bond donors (Lipinski definition) is 0. The van der Waals surface area contributed by atoms with Gasteiger partial charge in [-0.3, -0.25) is 0 Å². The Bertz CT molecular complexity index is 795. The number of halogens is 2. The molecule has 26 heavy (non-hydrogen) atoms. The third-order valence-corrected chi connectivity index (χ3v) is 5.19. The zero-order chi connectivity index (χ0) is 18.5. The lowest BCUT2D eigenvalue weighted by Crippen LogP contribution is -1.93. The Morgan fingerprint density at radius 1 is 0.615 bits per heavy atom. The monoisotopic (exact) mass is 354 g/mol. The topological polar surface area (TPSA) is 0 Å². The predicted octanol–water partition coefficient (Wildman–Crippen LogP) is 8.39. The van der Waals surface area contributed by atoms with E-state index in [-0.39, 0.29) is 0 Å². The van der Waals surface area contributed by atoms with Crippen LogP contribution < -0.4 is 0 Å². The fraction of sp³-hybridized carbons (Fsp3) is 0.417. The van der Waals surface area contributed by atoms with E-state index in [1.807, 2.05) is 36.4 Å². The first-order chi connectivity index (χ1) is 12.6. The Labute approximate surface area is 155 Å². The van der Waals surface area contributed by atoms with Crippen LogP contribution >= 0.6 is 0 Å². The second kappa shape index (κ2) is 8.62. The van der Waals surface area contributed by atoms with Crippen LogP contribution in [0.4, 0.5) is 8.78 Å². The van der Waals surface area contributed by atoms with Crippen LogP contribution in [0, 0.1) is 0 Å². The van der Waals surface area contributed by atoms with E-state index < -0.39 is 12.3 Å². The van der Waals surface area contributed by atoms with Gasteiger partial charge in [0.2, 0.25) is 0 Å². The lowest BCUT2D eigenvalue weighted by Gasteiger charge is -2.12. The van der Waals surface area contributed by atoms with Gasteiger partial charge in [0.05, 0.1) is 0 Å². The molecule has 0 amide bonds. The van der Waals surface area contributed by atoms with Gasteiger partial charge in [-0.2, -0.15) is 0 Å². The minimum atomic E-state index is -0.900. The highest BCUT2D eigenvalue weighted by atomic mass is 19.1. The molecule has 0 aliphatic rings. The smallest absolute Gasteiger partial charge is 0.125 e. The minimum absolute atomic E-state index is 0.578. The van der Waals surface area contributed by atoms with Gasteiger partial charge < -0.3 is 0 Å². The van der Waals surface area contributed by atoms with Crippen molar-refractivity contribution in [3.63, 3.8) is 0 Å². The van der Waals surface area contributed by atoms with Gasteiger partial charge in [0.1, 0.15) is 12.3 Å². The molecule has 0 bridgehead atoms. The molecule has 138 valence electrons. The normalized spacial score (nSPS) is 14.0. The largest absolute Gasteiger partial charge is 0.242 e. The first-order valence-electron chi connectivity index (χ1n) is 9.88. The SMILES string of the molecule is CCCCC(F)c1ccc2cc3cc(C(F)CCCC)ccc3cc2c1. The van der Waals surface area contributed by atoms with Gasteiger partial charge in [-0.15, -0.1) is 0 Å². The molecule has 0 fully saturated rings. The third kappa shape index (κ3) is 4.23. The maximum Gasteiger partial charge on any atom is 0.125 e. The van der Waals surface area contributed by atoms with E-state index in [1.54, 1.807) is 0 Å². The summed E-state index contributed by atoms with van der Waals surface area (Å²) in [4.78, 5) is 0. The Morgan fingerprint density at radius 2 is 1.04 bits per heavy atom. The molecule has 0 aromatic heterocycles. The van der Waals surface area contributed by atoms with Gasteiger partial charge in [-0.25, -0.2) is 8.78 Å². The van der Waals surface area contributed by atoms with Gasteiger partial charge >= 0.3 is 0 Å². The summed E-state index contributed by atoms with van der Waals surface area (Å²) in [5.74, 6) is 0. The van der Waals surface area contributed by atoms with Crippen molar-refractivity contribution in [3.05, 3.63) is 59.7 Å². The van der Waals surface area contributed by atoms with Crippen molar-refractivity contribution < 1.29 is 8.78 Å². The van der Waals surface area contributed by atoms with Crippen LogP contribution in [-0.2, 0) is 0 Å². The van der Waals surface area contributed by atoms with Crippen LogP contribution in [0.3, 0.4) is 0 Å². The van der Waals surface area contributed by atoms with E-state index in [2.05, 4.69) is 26.0 Å². The molecule has 0 saturated heterocycles. The van der Waals surface area contributed by atoms with E-state index in [1.165, 1.54) is 0 Å². The first kappa shape index (κ1) is 18.8. The number of rotatable bonds is 8. The molecule has 0 aliphatic carbocycles. The molecule has 0 spiro atoms. The van der Waals surface area contributed by atoms with Crippen LogP contribution in [0.25, 0.3) is 21.5 Å². The molecule has 0 nitrogen and oxygen atoms in total. The van der Waals surface area contributed by atoms with E-state index in [9.17, 15) is 8.78 Å². The molecule has 0 heterocycles. The molecular weight excluding hydrogens is 326 g/mol. The highest BCUT2D eigenvalue weighted by Crippen LogP contribution is 2.31. The maximum absolute atomic E-state index is 14.4. The summed E-state index contributed by atoms with van der Waals surface area (Å²) in [7, 11) is 0. The molecule has 2 heteroatoms. The molecule has 3 aromatic carbocycles. The molecule has 2 atom stereocenters. The Morgan fingerprint density at radius 3 is 1.42 bits per heavy atom. The van der Waals surface area contributed by atoms with Crippen molar-refractivity contribution in [3.8, 4) is 0 Å². The maximum atomic E-state index is 14.4. The molecule has 0 saturated carbocycles. The van der Waals surface area contributed by atoms with Crippen molar-refractivity contribution in [1.82, 2.24) is 0 Å². The molecule has 2 unspecified atom stereocenters. The second-order valence-electron chi connectivity index (χ2n) is 7.28. The lowest BCUT2D eigenvalue weighted by atomic mass is 9.96. The molecular formula is C24H28F2. The van der Waals surface area contributed by atoms with Crippen molar-refractivity contribution in [2.45, 2.75) is 64.7 Å². The minimum Gasteiger partial charge on any atom is -0.242 e. The van der Waals surface area contributed by atoms with Gasteiger partial charge in [0.25, 0.3) is 0 Å². The Kier molecular flexibility index (Phi) is 6.24. The Balaban J connectivity index is 1.92. The van der Waals surface area contributed by atoms with E-state index in [0.29, 0.717) is 12.8 Å². The number of hydrogen-bond acceptors (Lipinski definition) is 0. The second-order valence-corrected chi connectivity index (χ2v) is 7.28. The summed E-state index contributed by atoms with van der Waals surface area (Å²) < 4.78 is 28.7. The number of unbranched alkanes of at least 4 members (excludes halogenated alkanes) is 2. The summed E-state index contributed by atoms with van der Waals surface area (Å²) in [5, 5.41) is 4.24. The lowest BCUT2D eigenvalue weighted by molar-refractivity contribution is 0.316. The van der Waals surface area contributed by atoms with Crippen molar-refractivity contribution in [1.29, 1.82) is 0 Å². The molecule has 0 aliphatic heterocycles. The van der Waals surface area contributed by atoms with Crippen LogP contribution in [0.15, 0.2) is 48.5 Å². The third-order valence-electron chi connectivity index (χ3n) is 5.19. The number of fused-ring (bicyclic) bond motifs is 2. The zero-order valence-electron chi connectivity index (χ0n) is 15.8. The molecule has 3 rings (SSSR count). The molecule has 3 aromatic rings. The summed E-state index contributed by atoms with van der Waals surface area (Å²) in [6.45, 7) is 4.16. The van der Waals surface area contributed by atoms with Gasteiger partial charge in [0, 0.05) is 0 Å². The highest BCUT2D eigenvalue weighted by molar-refractivity contribution is 5.98.